The second-order valence-corrected chi connectivity index (χ2v) is 6.99. The fourth-order valence-electron chi connectivity index (χ4n) is 1.80. The molecule has 0 aromatic heterocycles. The molecule has 116 valence electrons. The summed E-state index contributed by atoms with van der Waals surface area (Å²) in [6, 6.07) is 10.5. The van der Waals surface area contributed by atoms with Crippen LogP contribution in [0.25, 0.3) is 0 Å². The van der Waals surface area contributed by atoms with Crippen molar-refractivity contribution in [3.63, 3.8) is 0 Å². The van der Waals surface area contributed by atoms with E-state index in [4.69, 9.17) is 23.2 Å². The lowest BCUT2D eigenvalue weighted by Gasteiger charge is -2.23. The summed E-state index contributed by atoms with van der Waals surface area (Å²) < 4.78 is 39.8. The molecule has 0 unspecified atom stereocenters. The van der Waals surface area contributed by atoms with Gasteiger partial charge in [-0.3, -0.25) is 9.10 Å². The van der Waals surface area contributed by atoms with E-state index in [1.807, 2.05) is 0 Å². The number of hydrogen-bond acceptors (Lipinski definition) is 3. The molecule has 0 amide bonds. The van der Waals surface area contributed by atoms with Crippen LogP contribution < -0.4 is 4.31 Å². The number of carbonyl (C=O) groups is 1. The first-order valence-electron chi connectivity index (χ1n) is 6.03. The topological polar surface area (TPSA) is 54.5 Å². The number of benzene rings is 2. The Morgan fingerprint density at radius 2 is 1.68 bits per heavy atom. The van der Waals surface area contributed by atoms with Gasteiger partial charge in [0.2, 0.25) is 5.24 Å². The van der Waals surface area contributed by atoms with Crippen LogP contribution in [0.15, 0.2) is 53.4 Å². The van der Waals surface area contributed by atoms with Crippen molar-refractivity contribution in [1.82, 2.24) is 0 Å². The molecule has 0 heterocycles. The Morgan fingerprint density at radius 1 is 1.09 bits per heavy atom. The van der Waals surface area contributed by atoms with Gasteiger partial charge in [0.25, 0.3) is 10.0 Å². The van der Waals surface area contributed by atoms with E-state index in [1.165, 1.54) is 42.5 Å². The highest BCUT2D eigenvalue weighted by Gasteiger charge is 2.28. The van der Waals surface area contributed by atoms with Gasteiger partial charge in [0.05, 0.1) is 10.6 Å². The maximum Gasteiger partial charge on any atom is 0.264 e. The lowest BCUT2D eigenvalue weighted by atomic mass is 10.3. The molecule has 2 aromatic rings. The van der Waals surface area contributed by atoms with Crippen LogP contribution in [0.5, 0.6) is 0 Å². The van der Waals surface area contributed by atoms with E-state index in [1.54, 1.807) is 0 Å². The molecule has 2 aromatic carbocycles. The Morgan fingerprint density at radius 3 is 2.23 bits per heavy atom. The van der Waals surface area contributed by atoms with Gasteiger partial charge in [-0.05, 0) is 48.0 Å². The summed E-state index contributed by atoms with van der Waals surface area (Å²) >= 11 is 11.0. The molecular formula is C14H10Cl2FNO3S. The molecule has 8 heteroatoms. The minimum Gasteiger partial charge on any atom is -0.279 e. The van der Waals surface area contributed by atoms with Crippen LogP contribution in [-0.4, -0.2) is 20.2 Å². The van der Waals surface area contributed by atoms with Gasteiger partial charge < -0.3 is 0 Å². The molecule has 0 atom stereocenters. The van der Waals surface area contributed by atoms with Crippen LogP contribution in [0.4, 0.5) is 10.1 Å². The number of nitrogens with zero attached hydrogens (tertiary/aromatic N) is 1. The molecule has 0 radical (unpaired) electrons. The van der Waals surface area contributed by atoms with E-state index >= 15 is 0 Å². The number of halogens is 3. The Bertz CT molecular complexity index is 794. The molecule has 0 aliphatic heterocycles. The van der Waals surface area contributed by atoms with E-state index < -0.39 is 27.6 Å². The lowest BCUT2D eigenvalue weighted by molar-refractivity contribution is -0.110. The summed E-state index contributed by atoms with van der Waals surface area (Å²) in [6.07, 6.45) is 0. The Balaban J connectivity index is 2.56. The maximum absolute atomic E-state index is 13.9. The van der Waals surface area contributed by atoms with E-state index in [2.05, 4.69) is 0 Å². The van der Waals surface area contributed by atoms with Gasteiger partial charge in [-0.2, -0.15) is 0 Å². The highest BCUT2D eigenvalue weighted by atomic mass is 35.5. The van der Waals surface area contributed by atoms with E-state index in [9.17, 15) is 17.6 Å². The number of rotatable bonds is 5. The van der Waals surface area contributed by atoms with Crippen LogP contribution in [-0.2, 0) is 14.8 Å². The third kappa shape index (κ3) is 3.58. The predicted molar refractivity (Wildman–Crippen MR) is 83.2 cm³/mol. The number of carbonyl (C=O) groups excluding carboxylic acids is 1. The van der Waals surface area contributed by atoms with E-state index in [-0.39, 0.29) is 10.6 Å². The van der Waals surface area contributed by atoms with Crippen LogP contribution in [0.2, 0.25) is 5.02 Å². The second kappa shape index (κ2) is 6.64. The third-order valence-electron chi connectivity index (χ3n) is 2.79. The predicted octanol–water partition coefficient (Wildman–Crippen LogP) is 3.44. The van der Waals surface area contributed by atoms with Crippen molar-refractivity contribution in [2.75, 3.05) is 10.8 Å². The highest BCUT2D eigenvalue weighted by Crippen LogP contribution is 2.27. The first-order chi connectivity index (χ1) is 10.3. The average Bonchev–Trinajstić information content (AvgIpc) is 2.46. The molecule has 0 spiro atoms. The molecule has 0 aliphatic rings. The average molecular weight is 362 g/mol. The molecular weight excluding hydrogens is 352 g/mol. The Hall–Kier alpha value is -1.63. The zero-order valence-electron chi connectivity index (χ0n) is 11.0. The van der Waals surface area contributed by atoms with E-state index in [0.29, 0.717) is 9.33 Å². The summed E-state index contributed by atoms with van der Waals surface area (Å²) in [7, 11) is -4.16. The van der Waals surface area contributed by atoms with Crippen molar-refractivity contribution in [2.45, 2.75) is 4.90 Å². The zero-order chi connectivity index (χ0) is 16.3. The van der Waals surface area contributed by atoms with Crippen molar-refractivity contribution in [1.29, 1.82) is 0 Å². The van der Waals surface area contributed by atoms with Crippen LogP contribution in [0.1, 0.15) is 0 Å². The molecule has 0 aliphatic carbocycles. The fraction of sp³-hybridized carbons (Fsp3) is 0.0714. The lowest BCUT2D eigenvalue weighted by Crippen LogP contribution is -2.35. The molecule has 0 saturated heterocycles. The van der Waals surface area contributed by atoms with Crippen molar-refractivity contribution in [2.24, 2.45) is 0 Å². The summed E-state index contributed by atoms with van der Waals surface area (Å²) in [6.45, 7) is -0.687. The summed E-state index contributed by atoms with van der Waals surface area (Å²) in [4.78, 5) is 11.1. The zero-order valence-corrected chi connectivity index (χ0v) is 13.4. The van der Waals surface area contributed by atoms with Crippen molar-refractivity contribution >= 4 is 44.2 Å². The molecule has 2 rings (SSSR count). The van der Waals surface area contributed by atoms with Gasteiger partial charge in [-0.1, -0.05) is 23.7 Å². The van der Waals surface area contributed by atoms with Crippen molar-refractivity contribution in [3.8, 4) is 0 Å². The van der Waals surface area contributed by atoms with Crippen molar-refractivity contribution < 1.29 is 17.6 Å². The van der Waals surface area contributed by atoms with Gasteiger partial charge in [-0.15, -0.1) is 0 Å². The number of para-hydroxylation sites is 1. The first-order valence-corrected chi connectivity index (χ1v) is 8.23. The number of anilines is 1. The molecule has 0 saturated carbocycles. The quantitative estimate of drug-likeness (QED) is 0.766. The first kappa shape index (κ1) is 16.7. The maximum atomic E-state index is 13.9. The van der Waals surface area contributed by atoms with Crippen LogP contribution in [0.3, 0.4) is 0 Å². The monoisotopic (exact) mass is 361 g/mol. The molecule has 22 heavy (non-hydrogen) atoms. The van der Waals surface area contributed by atoms with Crippen LogP contribution >= 0.6 is 23.2 Å². The van der Waals surface area contributed by atoms with Gasteiger partial charge >= 0.3 is 0 Å². The number of hydrogen-bond donors (Lipinski definition) is 0. The standard InChI is InChI=1S/C14H10Cl2FNO3S/c15-10-5-7-11(8-6-10)22(20,21)18(9-14(16)19)13-4-2-1-3-12(13)17/h1-8H,9H2. The summed E-state index contributed by atoms with van der Waals surface area (Å²) in [5.74, 6) is -0.780. The largest absolute Gasteiger partial charge is 0.279 e. The van der Waals surface area contributed by atoms with Gasteiger partial charge in [0, 0.05) is 5.02 Å². The van der Waals surface area contributed by atoms with Crippen LogP contribution in [0, 0.1) is 5.82 Å². The van der Waals surface area contributed by atoms with Gasteiger partial charge in [-0.25, -0.2) is 12.8 Å². The van der Waals surface area contributed by atoms with Gasteiger partial charge in [0.15, 0.2) is 0 Å². The minimum atomic E-state index is -4.16. The molecule has 0 bridgehead atoms. The Kier molecular flexibility index (Phi) is 5.05. The summed E-state index contributed by atoms with van der Waals surface area (Å²) in [5.41, 5.74) is -0.258. The Labute approximate surface area is 137 Å². The van der Waals surface area contributed by atoms with Crippen molar-refractivity contribution in [3.05, 3.63) is 59.4 Å². The summed E-state index contributed by atoms with van der Waals surface area (Å²) in [5, 5.41) is -0.578. The highest BCUT2D eigenvalue weighted by molar-refractivity contribution is 7.92. The van der Waals surface area contributed by atoms with E-state index in [0.717, 1.165) is 6.07 Å². The minimum absolute atomic E-state index is 0.127. The normalized spacial score (nSPS) is 11.2. The third-order valence-corrected chi connectivity index (χ3v) is 4.94. The molecule has 0 N–H and O–H groups in total. The molecule has 4 nitrogen and oxygen atoms in total. The SMILES string of the molecule is O=C(Cl)CN(c1ccccc1F)S(=O)(=O)c1ccc(Cl)cc1. The number of sulfonamides is 1. The second-order valence-electron chi connectivity index (χ2n) is 4.27. The smallest absolute Gasteiger partial charge is 0.264 e. The fourth-order valence-corrected chi connectivity index (χ4v) is 3.55. The van der Waals surface area contributed by atoms with Gasteiger partial charge in [0.1, 0.15) is 12.4 Å². The molecule has 0 fully saturated rings.